The number of fused-ring (bicyclic) bond motifs is 5. The largest absolute Gasteiger partial charge is 0.512 e. The van der Waals surface area contributed by atoms with Crippen molar-refractivity contribution >= 4 is 0 Å². The smallest absolute Gasteiger partial charge is 0.0942 e. The minimum atomic E-state index is -0.0528. The van der Waals surface area contributed by atoms with Crippen molar-refractivity contribution in [2.45, 2.75) is 120 Å². The van der Waals surface area contributed by atoms with Gasteiger partial charge in [-0.2, -0.15) is 0 Å². The number of allylic oxidation sites excluding steroid dienone is 2. The van der Waals surface area contributed by atoms with Gasteiger partial charge in [-0.1, -0.05) is 74.7 Å². The first kappa shape index (κ1) is 23.7. The van der Waals surface area contributed by atoms with E-state index in [1.807, 2.05) is 0 Å². The Morgan fingerprint density at radius 1 is 0.871 bits per heavy atom. The van der Waals surface area contributed by atoms with Crippen LogP contribution in [0.4, 0.5) is 0 Å². The van der Waals surface area contributed by atoms with E-state index in [1.54, 1.807) is 0 Å². The molecule has 0 radical (unpaired) electrons. The third-order valence-electron chi connectivity index (χ3n) is 12.2. The van der Waals surface area contributed by atoms with E-state index in [0.717, 1.165) is 36.0 Å². The molecule has 1 nitrogen and oxygen atoms in total. The molecule has 8 atom stereocenters. The van der Waals surface area contributed by atoms with Crippen molar-refractivity contribution in [3.8, 4) is 0 Å². The van der Waals surface area contributed by atoms with E-state index in [2.05, 4.69) is 61.5 Å². The lowest BCUT2D eigenvalue weighted by atomic mass is 9.38. The number of hydrogen-bond acceptors (Lipinski definition) is 1. The summed E-state index contributed by atoms with van der Waals surface area (Å²) in [5.74, 6) is 5.65. The van der Waals surface area contributed by atoms with Gasteiger partial charge in [-0.3, -0.25) is 0 Å². The van der Waals surface area contributed by atoms with Gasteiger partial charge >= 0.3 is 0 Å². The molecule has 0 amide bonds. The van der Waals surface area contributed by atoms with Gasteiger partial charge in [-0.15, -0.1) is 0 Å². The Balaban J connectivity index is 1.57. The lowest BCUT2D eigenvalue weighted by Crippen LogP contribution is -2.59. The third-order valence-corrected chi connectivity index (χ3v) is 12.2. The number of hydrogen-bond donors (Lipinski definition) is 1. The summed E-state index contributed by atoms with van der Waals surface area (Å²) < 4.78 is 0. The van der Waals surface area contributed by atoms with Gasteiger partial charge in [0.1, 0.15) is 0 Å². The van der Waals surface area contributed by atoms with Crippen LogP contribution in [-0.2, 0) is 0 Å². The SMILES string of the molecule is CC(C)CCC[C@@H](C)[C@H]1CC[C@@]2(C)[C@@H]3CCC4C(C)(C)C(O)=CC[C@]4(C)[C@H]3CC[C@]12C. The minimum absolute atomic E-state index is 0.0528. The molecule has 31 heavy (non-hydrogen) atoms. The monoisotopic (exact) mass is 428 g/mol. The van der Waals surface area contributed by atoms with Crippen molar-refractivity contribution in [3.63, 3.8) is 0 Å². The van der Waals surface area contributed by atoms with Crippen molar-refractivity contribution in [1.82, 2.24) is 0 Å². The van der Waals surface area contributed by atoms with E-state index in [-0.39, 0.29) is 5.41 Å². The minimum Gasteiger partial charge on any atom is -0.512 e. The zero-order chi connectivity index (χ0) is 22.8. The molecule has 0 aromatic heterocycles. The maximum Gasteiger partial charge on any atom is 0.0942 e. The summed E-state index contributed by atoms with van der Waals surface area (Å²) in [6, 6.07) is 0. The van der Waals surface area contributed by atoms with Crippen LogP contribution in [0, 0.1) is 57.2 Å². The lowest BCUT2D eigenvalue weighted by Gasteiger charge is -2.66. The first-order chi connectivity index (χ1) is 14.4. The van der Waals surface area contributed by atoms with Crippen LogP contribution in [0.2, 0.25) is 0 Å². The summed E-state index contributed by atoms with van der Waals surface area (Å²) >= 11 is 0. The van der Waals surface area contributed by atoms with E-state index in [0.29, 0.717) is 27.9 Å². The molecular weight excluding hydrogens is 376 g/mol. The van der Waals surface area contributed by atoms with E-state index in [4.69, 9.17) is 0 Å². The maximum absolute atomic E-state index is 10.7. The predicted octanol–water partition coefficient (Wildman–Crippen LogP) is 9.19. The van der Waals surface area contributed by atoms with Gasteiger partial charge in [0.05, 0.1) is 5.76 Å². The zero-order valence-corrected chi connectivity index (χ0v) is 22.1. The lowest BCUT2D eigenvalue weighted by molar-refractivity contribution is -0.167. The average molecular weight is 429 g/mol. The van der Waals surface area contributed by atoms with E-state index >= 15 is 0 Å². The molecule has 4 rings (SSSR count). The van der Waals surface area contributed by atoms with E-state index in [1.165, 1.54) is 57.8 Å². The Bertz CT molecular complexity index is 703. The van der Waals surface area contributed by atoms with Crippen molar-refractivity contribution in [2.24, 2.45) is 57.2 Å². The summed E-state index contributed by atoms with van der Waals surface area (Å²) in [6.07, 6.45) is 16.0. The van der Waals surface area contributed by atoms with Crippen molar-refractivity contribution in [2.75, 3.05) is 0 Å². The van der Waals surface area contributed by atoms with Gasteiger partial charge in [-0.25, -0.2) is 0 Å². The predicted molar refractivity (Wildman–Crippen MR) is 133 cm³/mol. The summed E-state index contributed by atoms with van der Waals surface area (Å²) in [4.78, 5) is 0. The van der Waals surface area contributed by atoms with Crippen molar-refractivity contribution in [1.29, 1.82) is 0 Å². The van der Waals surface area contributed by atoms with Crippen LogP contribution < -0.4 is 0 Å². The van der Waals surface area contributed by atoms with Crippen LogP contribution in [0.3, 0.4) is 0 Å². The van der Waals surface area contributed by atoms with Gasteiger partial charge in [0.2, 0.25) is 0 Å². The van der Waals surface area contributed by atoms with Crippen LogP contribution in [0.1, 0.15) is 120 Å². The molecule has 178 valence electrons. The first-order valence-electron chi connectivity index (χ1n) is 13.8. The second kappa shape index (κ2) is 7.80. The van der Waals surface area contributed by atoms with Gasteiger partial charge in [0.25, 0.3) is 0 Å². The Hall–Kier alpha value is -0.460. The second-order valence-corrected chi connectivity index (χ2v) is 14.2. The molecule has 0 spiro atoms. The van der Waals surface area contributed by atoms with Crippen molar-refractivity contribution in [3.05, 3.63) is 11.8 Å². The second-order valence-electron chi connectivity index (χ2n) is 14.2. The Morgan fingerprint density at radius 2 is 1.55 bits per heavy atom. The molecule has 0 saturated heterocycles. The standard InChI is InChI=1S/C30H52O/c1-20(2)10-9-11-21(3)22-14-18-30(8)24-12-13-25-27(4,5)26(31)16-17-28(25,6)23(24)15-19-29(22,30)7/h16,20-25,31H,9-15,17-19H2,1-8H3/t21-,22-,23+,24-,25?,28-,29-,30+/m1/s1. The highest BCUT2D eigenvalue weighted by molar-refractivity contribution is 5.21. The molecule has 4 aliphatic rings. The molecule has 3 saturated carbocycles. The van der Waals surface area contributed by atoms with E-state index < -0.39 is 0 Å². The Labute approximate surface area is 193 Å². The van der Waals surface area contributed by atoms with Gasteiger partial charge < -0.3 is 5.11 Å². The molecule has 1 unspecified atom stereocenters. The molecule has 1 N–H and O–H groups in total. The van der Waals surface area contributed by atoms with Crippen LogP contribution in [-0.4, -0.2) is 5.11 Å². The number of aliphatic hydroxyl groups excluding tert-OH is 1. The molecule has 0 aliphatic heterocycles. The first-order valence-corrected chi connectivity index (χ1v) is 13.8. The fraction of sp³-hybridized carbons (Fsp3) is 0.933. The van der Waals surface area contributed by atoms with Crippen LogP contribution in [0.25, 0.3) is 0 Å². The average Bonchev–Trinajstić information content (AvgIpc) is 2.96. The molecule has 3 fully saturated rings. The fourth-order valence-corrected chi connectivity index (χ4v) is 10.1. The molecule has 0 heterocycles. The van der Waals surface area contributed by atoms with Gasteiger partial charge in [0.15, 0.2) is 0 Å². The quantitative estimate of drug-likeness (QED) is 0.462. The Morgan fingerprint density at radius 3 is 2.23 bits per heavy atom. The number of rotatable bonds is 5. The maximum atomic E-state index is 10.7. The molecule has 1 heteroatoms. The fourth-order valence-electron chi connectivity index (χ4n) is 10.1. The topological polar surface area (TPSA) is 20.2 Å². The molecular formula is C30H52O. The van der Waals surface area contributed by atoms with Crippen LogP contribution >= 0.6 is 0 Å². The summed E-state index contributed by atoms with van der Waals surface area (Å²) in [5.41, 5.74) is 1.34. The van der Waals surface area contributed by atoms with Crippen LogP contribution in [0.5, 0.6) is 0 Å². The number of aliphatic hydroxyl groups is 1. The highest BCUT2D eigenvalue weighted by Gasteiger charge is 2.66. The normalized spacial score (nSPS) is 47.3. The third kappa shape index (κ3) is 3.37. The van der Waals surface area contributed by atoms with Gasteiger partial charge in [-0.05, 0) is 103 Å². The van der Waals surface area contributed by atoms with Gasteiger partial charge in [0, 0.05) is 5.41 Å². The highest BCUT2D eigenvalue weighted by atomic mass is 16.3. The molecule has 0 bridgehead atoms. The summed E-state index contributed by atoms with van der Waals surface area (Å²) in [7, 11) is 0. The summed E-state index contributed by atoms with van der Waals surface area (Å²) in [5, 5.41) is 10.7. The molecule has 0 aromatic carbocycles. The highest BCUT2D eigenvalue weighted by Crippen LogP contribution is 2.74. The zero-order valence-electron chi connectivity index (χ0n) is 22.1. The van der Waals surface area contributed by atoms with Crippen LogP contribution in [0.15, 0.2) is 11.8 Å². The van der Waals surface area contributed by atoms with E-state index in [9.17, 15) is 5.11 Å². The Kier molecular flexibility index (Phi) is 5.96. The molecule has 4 aliphatic carbocycles. The summed E-state index contributed by atoms with van der Waals surface area (Å²) in [6.45, 7) is 20.0. The molecule has 0 aromatic rings. The van der Waals surface area contributed by atoms with Crippen molar-refractivity contribution < 1.29 is 5.11 Å².